The molecule has 0 atom stereocenters. The maximum absolute atomic E-state index is 3.49. The van der Waals surface area contributed by atoms with Gasteiger partial charge in [0.15, 0.2) is 0 Å². The summed E-state index contributed by atoms with van der Waals surface area (Å²) in [6.07, 6.45) is 9.46. The molecule has 0 saturated carbocycles. The lowest BCUT2D eigenvalue weighted by molar-refractivity contribution is 0.620. The number of rotatable bonds is 4. The van der Waals surface area contributed by atoms with E-state index in [2.05, 4.69) is 62.6 Å². The van der Waals surface area contributed by atoms with Crippen molar-refractivity contribution in [3.05, 3.63) is 35.7 Å². The number of nitrogens with one attached hydrogen (secondary N) is 2. The molecule has 0 aliphatic heterocycles. The summed E-state index contributed by atoms with van der Waals surface area (Å²) >= 11 is 0. The zero-order chi connectivity index (χ0) is 11.3. The van der Waals surface area contributed by atoms with Crippen LogP contribution in [0.5, 0.6) is 0 Å². The maximum atomic E-state index is 3.49. The summed E-state index contributed by atoms with van der Waals surface area (Å²) in [5.41, 5.74) is 2.49. The highest BCUT2D eigenvalue weighted by molar-refractivity contribution is 5.31. The Morgan fingerprint density at radius 3 is 2.27 bits per heavy atom. The first-order valence-electron chi connectivity index (χ1n) is 5.69. The van der Waals surface area contributed by atoms with E-state index in [1.807, 2.05) is 0 Å². The molecule has 15 heavy (non-hydrogen) atoms. The van der Waals surface area contributed by atoms with Crippen LogP contribution in [0.2, 0.25) is 0 Å². The first-order valence-corrected chi connectivity index (χ1v) is 5.69. The van der Waals surface area contributed by atoms with Gasteiger partial charge < -0.3 is 10.6 Å². The van der Waals surface area contributed by atoms with Crippen LogP contribution in [0, 0.1) is 0 Å². The van der Waals surface area contributed by atoms with E-state index < -0.39 is 0 Å². The molecule has 0 radical (unpaired) electrons. The maximum Gasteiger partial charge on any atom is 0.0538 e. The summed E-state index contributed by atoms with van der Waals surface area (Å²) in [5, 5.41) is 6.96. The zero-order valence-electron chi connectivity index (χ0n) is 10.2. The second-order valence-electron chi connectivity index (χ2n) is 4.48. The van der Waals surface area contributed by atoms with Crippen LogP contribution in [0.4, 0.5) is 0 Å². The van der Waals surface area contributed by atoms with Gasteiger partial charge in [-0.1, -0.05) is 18.2 Å². The van der Waals surface area contributed by atoms with Crippen molar-refractivity contribution in [3.63, 3.8) is 0 Å². The molecule has 0 aromatic rings. The van der Waals surface area contributed by atoms with Gasteiger partial charge in [-0.05, 0) is 33.8 Å². The van der Waals surface area contributed by atoms with Crippen molar-refractivity contribution in [3.8, 4) is 0 Å². The Bertz CT molecular complexity index is 283. The smallest absolute Gasteiger partial charge is 0.0538 e. The second-order valence-corrected chi connectivity index (χ2v) is 4.48. The summed E-state index contributed by atoms with van der Waals surface area (Å²) in [5.74, 6) is 0. The summed E-state index contributed by atoms with van der Waals surface area (Å²) in [6, 6.07) is 0.940. The van der Waals surface area contributed by atoms with Crippen molar-refractivity contribution in [2.75, 3.05) is 0 Å². The Labute approximate surface area is 93.1 Å². The predicted octanol–water partition coefficient (Wildman–Crippen LogP) is 2.71. The van der Waals surface area contributed by atoms with Gasteiger partial charge in [0.05, 0.1) is 5.70 Å². The fourth-order valence-corrected chi connectivity index (χ4v) is 1.56. The molecule has 0 aromatic heterocycles. The van der Waals surface area contributed by atoms with Crippen molar-refractivity contribution >= 4 is 0 Å². The third-order valence-corrected chi connectivity index (χ3v) is 2.06. The molecule has 0 unspecified atom stereocenters. The van der Waals surface area contributed by atoms with Crippen LogP contribution in [0.3, 0.4) is 0 Å². The van der Waals surface area contributed by atoms with Gasteiger partial charge in [0.2, 0.25) is 0 Å². The minimum atomic E-state index is 0.465. The molecule has 1 aliphatic rings. The van der Waals surface area contributed by atoms with Crippen molar-refractivity contribution in [1.29, 1.82) is 0 Å². The molecule has 0 amide bonds. The number of hydrogen-bond donors (Lipinski definition) is 2. The van der Waals surface area contributed by atoms with Crippen LogP contribution in [0.15, 0.2) is 35.7 Å². The molecule has 0 saturated heterocycles. The number of allylic oxidation sites excluding steroid dienone is 4. The predicted molar refractivity (Wildman–Crippen MR) is 66.5 cm³/mol. The monoisotopic (exact) mass is 206 g/mol. The lowest BCUT2D eigenvalue weighted by Crippen LogP contribution is -2.29. The first-order chi connectivity index (χ1) is 7.09. The molecule has 2 N–H and O–H groups in total. The van der Waals surface area contributed by atoms with E-state index >= 15 is 0 Å². The topological polar surface area (TPSA) is 24.1 Å². The quantitative estimate of drug-likeness (QED) is 0.739. The van der Waals surface area contributed by atoms with Crippen molar-refractivity contribution in [2.24, 2.45) is 0 Å². The highest BCUT2D eigenvalue weighted by atomic mass is 15.0. The molecule has 0 fully saturated rings. The molecular weight excluding hydrogens is 184 g/mol. The summed E-state index contributed by atoms with van der Waals surface area (Å²) in [7, 11) is 0. The Morgan fingerprint density at radius 1 is 1.00 bits per heavy atom. The molecule has 1 aliphatic carbocycles. The lowest BCUT2D eigenvalue weighted by atomic mass is 10.2. The highest BCUT2D eigenvalue weighted by Gasteiger charge is 2.07. The largest absolute Gasteiger partial charge is 0.384 e. The van der Waals surface area contributed by atoms with Crippen LogP contribution in [-0.4, -0.2) is 12.1 Å². The summed E-state index contributed by atoms with van der Waals surface area (Å²) < 4.78 is 0. The number of hydrogen-bond acceptors (Lipinski definition) is 2. The third kappa shape index (κ3) is 4.24. The second kappa shape index (κ2) is 5.64. The Hall–Kier alpha value is -1.18. The molecular formula is C13H22N2. The summed E-state index contributed by atoms with van der Waals surface area (Å²) in [6.45, 7) is 8.65. The van der Waals surface area contributed by atoms with E-state index in [0.29, 0.717) is 12.1 Å². The van der Waals surface area contributed by atoms with Crippen LogP contribution >= 0.6 is 0 Å². The van der Waals surface area contributed by atoms with Crippen molar-refractivity contribution < 1.29 is 0 Å². The molecule has 2 heteroatoms. The van der Waals surface area contributed by atoms with E-state index in [-0.39, 0.29) is 0 Å². The third-order valence-electron chi connectivity index (χ3n) is 2.06. The average molecular weight is 206 g/mol. The van der Waals surface area contributed by atoms with Crippen LogP contribution in [0.1, 0.15) is 34.1 Å². The minimum absolute atomic E-state index is 0.465. The molecule has 84 valence electrons. The van der Waals surface area contributed by atoms with Crippen molar-refractivity contribution in [2.45, 2.75) is 46.2 Å². The van der Waals surface area contributed by atoms with Crippen molar-refractivity contribution in [1.82, 2.24) is 10.6 Å². The van der Waals surface area contributed by atoms with E-state index in [9.17, 15) is 0 Å². The van der Waals surface area contributed by atoms with Gasteiger partial charge in [0.1, 0.15) is 0 Å². The molecule has 0 heterocycles. The normalized spacial score (nSPS) is 16.1. The van der Waals surface area contributed by atoms with Gasteiger partial charge in [-0.15, -0.1) is 0 Å². The van der Waals surface area contributed by atoms with Gasteiger partial charge in [-0.2, -0.15) is 0 Å². The zero-order valence-corrected chi connectivity index (χ0v) is 10.2. The van der Waals surface area contributed by atoms with Gasteiger partial charge in [0, 0.05) is 24.2 Å². The Morgan fingerprint density at radius 2 is 1.67 bits per heavy atom. The van der Waals surface area contributed by atoms with E-state index in [0.717, 1.165) is 6.42 Å². The SMILES string of the molecule is CC(C)NC1=C(NC(C)C)CC=CC=C1. The minimum Gasteiger partial charge on any atom is -0.384 e. The first kappa shape index (κ1) is 11.9. The fraction of sp³-hybridized carbons (Fsp3) is 0.538. The van der Waals surface area contributed by atoms with E-state index in [1.165, 1.54) is 11.4 Å². The Kier molecular flexibility index (Phi) is 4.47. The van der Waals surface area contributed by atoms with Gasteiger partial charge >= 0.3 is 0 Å². The van der Waals surface area contributed by atoms with Gasteiger partial charge in [0.25, 0.3) is 0 Å². The standard InChI is InChI=1S/C13H22N2/c1-10(2)14-12-8-6-5-7-9-13(12)15-11(3)4/h5-8,10-11,14-15H,9H2,1-4H3. The van der Waals surface area contributed by atoms with Gasteiger partial charge in [-0.3, -0.25) is 0 Å². The Balaban J connectivity index is 2.82. The molecule has 2 nitrogen and oxygen atoms in total. The molecule has 0 spiro atoms. The molecule has 1 rings (SSSR count). The lowest BCUT2D eigenvalue weighted by Gasteiger charge is -2.19. The fourth-order valence-electron chi connectivity index (χ4n) is 1.56. The molecule has 0 aromatic carbocycles. The van der Waals surface area contributed by atoms with Crippen LogP contribution < -0.4 is 10.6 Å². The average Bonchev–Trinajstić information content (AvgIpc) is 2.30. The van der Waals surface area contributed by atoms with E-state index in [4.69, 9.17) is 0 Å². The van der Waals surface area contributed by atoms with E-state index in [1.54, 1.807) is 0 Å². The molecule has 0 bridgehead atoms. The summed E-state index contributed by atoms with van der Waals surface area (Å²) in [4.78, 5) is 0. The van der Waals surface area contributed by atoms with Crippen LogP contribution in [-0.2, 0) is 0 Å². The van der Waals surface area contributed by atoms with Gasteiger partial charge in [-0.25, -0.2) is 0 Å². The highest BCUT2D eigenvalue weighted by Crippen LogP contribution is 2.11. The van der Waals surface area contributed by atoms with Crippen LogP contribution in [0.25, 0.3) is 0 Å².